The van der Waals surface area contributed by atoms with Crippen molar-refractivity contribution in [2.45, 2.75) is 24.8 Å². The van der Waals surface area contributed by atoms with Crippen LogP contribution < -0.4 is 0 Å². The average Bonchev–Trinajstić information content (AvgIpc) is 2.94. The Balaban J connectivity index is 1.74. The lowest BCUT2D eigenvalue weighted by molar-refractivity contribution is -0.141. The van der Waals surface area contributed by atoms with E-state index in [1.54, 1.807) is 0 Å². The monoisotopic (exact) mass is 288 g/mol. The van der Waals surface area contributed by atoms with Gasteiger partial charge in [0.1, 0.15) is 0 Å². The highest BCUT2D eigenvalue weighted by atomic mass is 16.4. The molecule has 0 spiro atoms. The maximum Gasteiger partial charge on any atom is 0.308 e. The Kier molecular flexibility index (Phi) is 4.27. The van der Waals surface area contributed by atoms with Crippen molar-refractivity contribution in [3.05, 3.63) is 35.9 Å². The Morgan fingerprint density at radius 3 is 2.43 bits per heavy atom. The standard InChI is InChI=1S/C17H24N2O2/c1-18-9-7-14(8-10-18)19-11-15(16(12-19)17(20)21)13-5-3-2-4-6-13/h2-6,14-16H,7-12H2,1H3,(H,20,21)/t15-,16+/m0/s1. The summed E-state index contributed by atoms with van der Waals surface area (Å²) >= 11 is 0. The third-order valence-electron chi connectivity index (χ3n) is 5.10. The first-order chi connectivity index (χ1) is 10.1. The maximum atomic E-state index is 11.6. The fourth-order valence-corrected chi connectivity index (χ4v) is 3.78. The highest BCUT2D eigenvalue weighted by molar-refractivity contribution is 5.72. The van der Waals surface area contributed by atoms with Crippen LogP contribution in [0.2, 0.25) is 0 Å². The van der Waals surface area contributed by atoms with Gasteiger partial charge < -0.3 is 10.0 Å². The first kappa shape index (κ1) is 14.5. The summed E-state index contributed by atoms with van der Waals surface area (Å²) in [5.74, 6) is -0.797. The lowest BCUT2D eigenvalue weighted by Crippen LogP contribution is -2.43. The Hall–Kier alpha value is -1.39. The quantitative estimate of drug-likeness (QED) is 0.922. The number of likely N-dealkylation sites (tertiary alicyclic amines) is 2. The van der Waals surface area contributed by atoms with E-state index in [1.165, 1.54) is 5.56 Å². The highest BCUT2D eigenvalue weighted by Crippen LogP contribution is 2.35. The van der Waals surface area contributed by atoms with Crippen molar-refractivity contribution in [3.63, 3.8) is 0 Å². The van der Waals surface area contributed by atoms with Gasteiger partial charge in [0.05, 0.1) is 5.92 Å². The minimum absolute atomic E-state index is 0.128. The molecule has 2 heterocycles. The molecule has 1 aromatic carbocycles. The molecule has 4 heteroatoms. The second-order valence-corrected chi connectivity index (χ2v) is 6.45. The third kappa shape index (κ3) is 3.11. The number of benzene rings is 1. The number of aliphatic carboxylic acids is 1. The summed E-state index contributed by atoms with van der Waals surface area (Å²) in [4.78, 5) is 16.4. The third-order valence-corrected chi connectivity index (χ3v) is 5.10. The topological polar surface area (TPSA) is 43.8 Å². The number of hydrogen-bond donors (Lipinski definition) is 1. The minimum Gasteiger partial charge on any atom is -0.481 e. The Morgan fingerprint density at radius 2 is 1.81 bits per heavy atom. The van der Waals surface area contributed by atoms with E-state index >= 15 is 0 Å². The van der Waals surface area contributed by atoms with E-state index in [9.17, 15) is 9.90 Å². The minimum atomic E-state index is -0.653. The van der Waals surface area contributed by atoms with Gasteiger partial charge >= 0.3 is 5.97 Å². The zero-order valence-electron chi connectivity index (χ0n) is 12.6. The van der Waals surface area contributed by atoms with E-state index < -0.39 is 5.97 Å². The summed E-state index contributed by atoms with van der Waals surface area (Å²) in [6.07, 6.45) is 2.31. The Bertz CT molecular complexity index is 483. The summed E-state index contributed by atoms with van der Waals surface area (Å²) < 4.78 is 0. The van der Waals surface area contributed by atoms with Crippen molar-refractivity contribution in [1.82, 2.24) is 9.80 Å². The first-order valence-corrected chi connectivity index (χ1v) is 7.85. The van der Waals surface area contributed by atoms with E-state index in [-0.39, 0.29) is 11.8 Å². The van der Waals surface area contributed by atoms with E-state index in [1.807, 2.05) is 18.2 Å². The van der Waals surface area contributed by atoms with Crippen LogP contribution in [-0.2, 0) is 4.79 Å². The average molecular weight is 288 g/mol. The van der Waals surface area contributed by atoms with Gasteiger partial charge in [-0.1, -0.05) is 30.3 Å². The SMILES string of the molecule is CN1CCC(N2C[C@@H](C(=O)O)[C@H](c3ccccc3)C2)CC1. The molecule has 0 saturated carbocycles. The summed E-state index contributed by atoms with van der Waals surface area (Å²) in [5, 5.41) is 9.57. The Labute approximate surface area is 126 Å². The zero-order chi connectivity index (χ0) is 14.8. The summed E-state index contributed by atoms with van der Waals surface area (Å²) in [6.45, 7) is 3.82. The molecule has 114 valence electrons. The number of piperidine rings is 1. The van der Waals surface area contributed by atoms with Gasteiger partial charge in [0.2, 0.25) is 0 Å². The van der Waals surface area contributed by atoms with E-state index in [4.69, 9.17) is 0 Å². The van der Waals surface area contributed by atoms with Crippen LogP contribution in [0.1, 0.15) is 24.3 Å². The molecular formula is C17H24N2O2. The van der Waals surface area contributed by atoms with E-state index in [2.05, 4.69) is 29.0 Å². The van der Waals surface area contributed by atoms with Gasteiger partial charge in [0.15, 0.2) is 0 Å². The largest absolute Gasteiger partial charge is 0.481 e. The van der Waals surface area contributed by atoms with Crippen LogP contribution in [-0.4, -0.2) is 60.1 Å². The predicted molar refractivity (Wildman–Crippen MR) is 82.4 cm³/mol. The molecule has 2 aliphatic heterocycles. The molecular weight excluding hydrogens is 264 g/mol. The second kappa shape index (κ2) is 6.16. The predicted octanol–water partition coefficient (Wildman–Crippen LogP) is 1.88. The van der Waals surface area contributed by atoms with Gasteiger partial charge in [-0.3, -0.25) is 9.69 Å². The molecule has 0 aliphatic carbocycles. The summed E-state index contributed by atoms with van der Waals surface area (Å²) in [7, 11) is 2.16. The number of carboxylic acid groups (broad SMARTS) is 1. The molecule has 1 N–H and O–H groups in total. The van der Waals surface area contributed by atoms with Gasteiger partial charge in [0, 0.05) is 25.0 Å². The van der Waals surface area contributed by atoms with Crippen molar-refractivity contribution < 1.29 is 9.90 Å². The van der Waals surface area contributed by atoms with Gasteiger partial charge in [-0.05, 0) is 38.5 Å². The van der Waals surface area contributed by atoms with E-state index in [0.717, 1.165) is 32.5 Å². The van der Waals surface area contributed by atoms with Crippen LogP contribution in [0.3, 0.4) is 0 Å². The molecule has 4 nitrogen and oxygen atoms in total. The lowest BCUT2D eigenvalue weighted by atomic mass is 9.89. The van der Waals surface area contributed by atoms with Gasteiger partial charge in [-0.2, -0.15) is 0 Å². The van der Waals surface area contributed by atoms with Crippen molar-refractivity contribution in [2.24, 2.45) is 5.92 Å². The highest BCUT2D eigenvalue weighted by Gasteiger charge is 2.41. The van der Waals surface area contributed by atoms with Gasteiger partial charge in [-0.15, -0.1) is 0 Å². The van der Waals surface area contributed by atoms with Crippen LogP contribution in [0.25, 0.3) is 0 Å². The normalized spacial score (nSPS) is 28.8. The molecule has 0 amide bonds. The number of carboxylic acids is 1. The van der Waals surface area contributed by atoms with Crippen molar-refractivity contribution >= 4 is 5.97 Å². The molecule has 3 rings (SSSR count). The van der Waals surface area contributed by atoms with Crippen LogP contribution in [0.4, 0.5) is 0 Å². The smallest absolute Gasteiger partial charge is 0.308 e. The van der Waals surface area contributed by atoms with Crippen LogP contribution >= 0.6 is 0 Å². The van der Waals surface area contributed by atoms with Crippen LogP contribution in [0.15, 0.2) is 30.3 Å². The molecule has 0 bridgehead atoms. The number of hydrogen-bond acceptors (Lipinski definition) is 3. The van der Waals surface area contributed by atoms with Crippen molar-refractivity contribution in [1.29, 1.82) is 0 Å². The fraction of sp³-hybridized carbons (Fsp3) is 0.588. The second-order valence-electron chi connectivity index (χ2n) is 6.45. The molecule has 2 saturated heterocycles. The van der Waals surface area contributed by atoms with Crippen LogP contribution in [0.5, 0.6) is 0 Å². The van der Waals surface area contributed by atoms with E-state index in [0.29, 0.717) is 12.6 Å². The number of nitrogens with zero attached hydrogens (tertiary/aromatic N) is 2. The number of carbonyl (C=O) groups is 1. The summed E-state index contributed by atoms with van der Waals surface area (Å²) in [5.41, 5.74) is 1.17. The van der Waals surface area contributed by atoms with Crippen molar-refractivity contribution in [2.75, 3.05) is 33.2 Å². The maximum absolute atomic E-state index is 11.6. The molecule has 2 aliphatic rings. The lowest BCUT2D eigenvalue weighted by Gasteiger charge is -2.35. The van der Waals surface area contributed by atoms with Crippen molar-refractivity contribution in [3.8, 4) is 0 Å². The van der Waals surface area contributed by atoms with Gasteiger partial charge in [0.25, 0.3) is 0 Å². The molecule has 0 aromatic heterocycles. The van der Waals surface area contributed by atoms with Crippen LogP contribution in [0, 0.1) is 5.92 Å². The number of rotatable bonds is 3. The summed E-state index contributed by atoms with van der Waals surface area (Å²) in [6, 6.07) is 10.7. The molecule has 0 unspecified atom stereocenters. The zero-order valence-corrected chi connectivity index (χ0v) is 12.6. The van der Waals surface area contributed by atoms with Gasteiger partial charge in [-0.25, -0.2) is 0 Å². The molecule has 1 aromatic rings. The molecule has 21 heavy (non-hydrogen) atoms. The molecule has 2 fully saturated rings. The fourth-order valence-electron chi connectivity index (χ4n) is 3.78. The first-order valence-electron chi connectivity index (χ1n) is 7.85. The molecule has 2 atom stereocenters. The Morgan fingerprint density at radius 1 is 1.14 bits per heavy atom. The molecule has 0 radical (unpaired) electrons.